The molecule has 0 aliphatic heterocycles. The maximum atomic E-state index is 5.60. The molecule has 2 heteroatoms. The minimum atomic E-state index is 0.740. The predicted octanol–water partition coefficient (Wildman–Crippen LogP) is 3.46. The van der Waals surface area contributed by atoms with Gasteiger partial charge < -0.3 is 10.1 Å². The van der Waals surface area contributed by atoms with E-state index in [0.29, 0.717) is 0 Å². The zero-order chi connectivity index (χ0) is 10.9. The van der Waals surface area contributed by atoms with Crippen molar-refractivity contribution >= 4 is 5.69 Å². The number of allylic oxidation sites excluding steroid dienone is 1. The molecule has 1 aromatic rings. The van der Waals surface area contributed by atoms with Gasteiger partial charge in [-0.1, -0.05) is 25.1 Å². The lowest BCUT2D eigenvalue weighted by Crippen LogP contribution is -1.96. The summed E-state index contributed by atoms with van der Waals surface area (Å²) in [6.07, 6.45) is 6.38. The molecule has 1 N–H and O–H groups in total. The second-order valence-corrected chi connectivity index (χ2v) is 3.29. The van der Waals surface area contributed by atoms with E-state index in [9.17, 15) is 0 Å². The third kappa shape index (κ3) is 4.54. The maximum Gasteiger partial charge on any atom is 0.121 e. The van der Waals surface area contributed by atoms with Gasteiger partial charge in [-0.2, -0.15) is 0 Å². The van der Waals surface area contributed by atoms with Gasteiger partial charge >= 0.3 is 0 Å². The van der Waals surface area contributed by atoms with Crippen molar-refractivity contribution < 1.29 is 4.74 Å². The van der Waals surface area contributed by atoms with Gasteiger partial charge in [0, 0.05) is 18.8 Å². The molecule has 0 fully saturated rings. The van der Waals surface area contributed by atoms with Gasteiger partial charge in [0.15, 0.2) is 0 Å². The molecule has 0 saturated heterocycles. The van der Waals surface area contributed by atoms with E-state index in [-0.39, 0.29) is 0 Å². The molecule has 15 heavy (non-hydrogen) atoms. The highest BCUT2D eigenvalue weighted by molar-refractivity contribution is 5.47. The lowest BCUT2D eigenvalue weighted by atomic mass is 10.3. The minimum absolute atomic E-state index is 0.740. The molecule has 1 aromatic carbocycles. The van der Waals surface area contributed by atoms with Crippen LogP contribution in [0.5, 0.6) is 5.75 Å². The Kier molecular flexibility index (Phi) is 5.38. The van der Waals surface area contributed by atoms with Gasteiger partial charge in [-0.05, 0) is 25.0 Å². The van der Waals surface area contributed by atoms with Crippen molar-refractivity contribution in [3.63, 3.8) is 0 Å². The number of nitrogens with one attached hydrogen (secondary N) is 1. The fourth-order valence-electron chi connectivity index (χ4n) is 1.27. The molecule has 1 rings (SSSR count). The second-order valence-electron chi connectivity index (χ2n) is 3.29. The number of benzene rings is 1. The van der Waals surface area contributed by atoms with Crippen LogP contribution in [0.2, 0.25) is 0 Å². The largest absolute Gasteiger partial charge is 0.493 e. The highest BCUT2D eigenvalue weighted by atomic mass is 16.5. The minimum Gasteiger partial charge on any atom is -0.493 e. The lowest BCUT2D eigenvalue weighted by molar-refractivity contribution is 0.325. The first-order valence-corrected chi connectivity index (χ1v) is 5.42. The van der Waals surface area contributed by atoms with Gasteiger partial charge in [-0.25, -0.2) is 0 Å². The van der Waals surface area contributed by atoms with E-state index >= 15 is 0 Å². The Labute approximate surface area is 92.0 Å². The van der Waals surface area contributed by atoms with Crippen LogP contribution in [0.25, 0.3) is 0 Å². The van der Waals surface area contributed by atoms with Crippen LogP contribution in [0.15, 0.2) is 36.4 Å². The summed E-state index contributed by atoms with van der Waals surface area (Å²) in [6, 6.07) is 7.99. The van der Waals surface area contributed by atoms with Crippen LogP contribution in [-0.4, -0.2) is 13.7 Å². The molecule has 82 valence electrons. The van der Waals surface area contributed by atoms with E-state index < -0.39 is 0 Å². The zero-order valence-corrected chi connectivity index (χ0v) is 9.49. The van der Waals surface area contributed by atoms with Crippen molar-refractivity contribution in [1.82, 2.24) is 0 Å². The first-order valence-electron chi connectivity index (χ1n) is 5.42. The summed E-state index contributed by atoms with van der Waals surface area (Å²) >= 11 is 0. The number of hydrogen-bond acceptors (Lipinski definition) is 2. The Morgan fingerprint density at radius 2 is 2.20 bits per heavy atom. The van der Waals surface area contributed by atoms with Crippen LogP contribution in [0.3, 0.4) is 0 Å². The molecule has 2 nitrogen and oxygen atoms in total. The lowest BCUT2D eigenvalue weighted by Gasteiger charge is -2.06. The Hall–Kier alpha value is -1.44. The SMILES string of the molecule is CC/C=C/CCOc1cccc(NC)c1. The summed E-state index contributed by atoms with van der Waals surface area (Å²) in [5.41, 5.74) is 1.08. The Morgan fingerprint density at radius 1 is 1.33 bits per heavy atom. The smallest absolute Gasteiger partial charge is 0.121 e. The Morgan fingerprint density at radius 3 is 2.93 bits per heavy atom. The van der Waals surface area contributed by atoms with Gasteiger partial charge in [0.25, 0.3) is 0 Å². The molecule has 0 unspecified atom stereocenters. The first-order chi connectivity index (χ1) is 7.36. The van der Waals surface area contributed by atoms with Crippen molar-refractivity contribution in [1.29, 1.82) is 0 Å². The summed E-state index contributed by atoms with van der Waals surface area (Å²) in [5.74, 6) is 0.923. The molecule has 0 atom stereocenters. The third-order valence-corrected chi connectivity index (χ3v) is 2.08. The van der Waals surface area contributed by atoms with Crippen molar-refractivity contribution in [2.75, 3.05) is 19.0 Å². The quantitative estimate of drug-likeness (QED) is 0.567. The number of anilines is 1. The van der Waals surface area contributed by atoms with Crippen LogP contribution >= 0.6 is 0 Å². The fraction of sp³-hybridized carbons (Fsp3) is 0.385. The van der Waals surface area contributed by atoms with E-state index in [0.717, 1.165) is 30.9 Å². The normalized spacial score (nSPS) is 10.5. The predicted molar refractivity (Wildman–Crippen MR) is 65.5 cm³/mol. The van der Waals surface area contributed by atoms with Crippen molar-refractivity contribution in [2.45, 2.75) is 19.8 Å². The summed E-state index contributed by atoms with van der Waals surface area (Å²) < 4.78 is 5.60. The molecule has 0 saturated carbocycles. The van der Waals surface area contributed by atoms with Crippen LogP contribution in [0.1, 0.15) is 19.8 Å². The average Bonchev–Trinajstić information content (AvgIpc) is 2.29. The number of hydrogen-bond donors (Lipinski definition) is 1. The summed E-state index contributed by atoms with van der Waals surface area (Å²) in [5, 5.41) is 3.08. The van der Waals surface area contributed by atoms with Gasteiger partial charge in [0.05, 0.1) is 6.61 Å². The highest BCUT2D eigenvalue weighted by Crippen LogP contribution is 2.16. The summed E-state index contributed by atoms with van der Waals surface area (Å²) in [7, 11) is 1.91. The molecular formula is C13H19NO. The van der Waals surface area contributed by atoms with Gasteiger partial charge in [0.1, 0.15) is 5.75 Å². The Balaban J connectivity index is 2.33. The molecule has 0 aliphatic rings. The highest BCUT2D eigenvalue weighted by Gasteiger charge is 1.93. The molecule has 0 radical (unpaired) electrons. The maximum absolute atomic E-state index is 5.60. The van der Waals surface area contributed by atoms with Crippen LogP contribution in [0.4, 0.5) is 5.69 Å². The molecular weight excluding hydrogens is 186 g/mol. The zero-order valence-electron chi connectivity index (χ0n) is 9.49. The van der Waals surface area contributed by atoms with E-state index in [1.54, 1.807) is 0 Å². The van der Waals surface area contributed by atoms with E-state index in [2.05, 4.69) is 24.4 Å². The van der Waals surface area contributed by atoms with Gasteiger partial charge in [-0.3, -0.25) is 0 Å². The van der Waals surface area contributed by atoms with Crippen LogP contribution in [-0.2, 0) is 0 Å². The second kappa shape index (κ2) is 6.93. The first kappa shape index (κ1) is 11.6. The summed E-state index contributed by atoms with van der Waals surface area (Å²) in [6.45, 7) is 2.87. The van der Waals surface area contributed by atoms with Crippen molar-refractivity contribution in [2.24, 2.45) is 0 Å². The number of rotatable bonds is 6. The number of ether oxygens (including phenoxy) is 1. The van der Waals surface area contributed by atoms with E-state index in [4.69, 9.17) is 4.74 Å². The molecule has 0 amide bonds. The summed E-state index contributed by atoms with van der Waals surface area (Å²) in [4.78, 5) is 0. The van der Waals surface area contributed by atoms with Gasteiger partial charge in [0.2, 0.25) is 0 Å². The molecule has 0 heterocycles. The van der Waals surface area contributed by atoms with E-state index in [1.807, 2.05) is 31.3 Å². The molecule has 0 spiro atoms. The topological polar surface area (TPSA) is 21.3 Å². The van der Waals surface area contributed by atoms with E-state index in [1.165, 1.54) is 0 Å². The Bertz CT molecular complexity index is 307. The molecule has 0 aromatic heterocycles. The van der Waals surface area contributed by atoms with Gasteiger partial charge in [-0.15, -0.1) is 0 Å². The monoisotopic (exact) mass is 205 g/mol. The average molecular weight is 205 g/mol. The standard InChI is InChI=1S/C13H19NO/c1-3-4-5-6-10-15-13-9-7-8-12(11-13)14-2/h4-5,7-9,11,14H,3,6,10H2,1-2H3/b5-4+. The third-order valence-electron chi connectivity index (χ3n) is 2.08. The van der Waals surface area contributed by atoms with Crippen LogP contribution < -0.4 is 10.1 Å². The van der Waals surface area contributed by atoms with Crippen molar-refractivity contribution in [3.8, 4) is 5.75 Å². The molecule has 0 bridgehead atoms. The fourth-order valence-corrected chi connectivity index (χ4v) is 1.27. The molecule has 0 aliphatic carbocycles. The van der Waals surface area contributed by atoms with Crippen LogP contribution in [0, 0.1) is 0 Å². The van der Waals surface area contributed by atoms with Crippen molar-refractivity contribution in [3.05, 3.63) is 36.4 Å².